The lowest BCUT2D eigenvalue weighted by Crippen LogP contribution is -2.30. The predicted molar refractivity (Wildman–Crippen MR) is 111 cm³/mol. The normalized spacial score (nSPS) is 12.0. The Kier molecular flexibility index (Phi) is 8.05. The highest BCUT2D eigenvalue weighted by Gasteiger charge is 2.16. The van der Waals surface area contributed by atoms with Crippen LogP contribution in [0.1, 0.15) is 43.0 Å². The molecular weight excluding hydrogens is 342 g/mol. The first kappa shape index (κ1) is 20.4. The lowest BCUT2D eigenvalue weighted by Gasteiger charge is -2.21. The molecule has 0 saturated carbocycles. The number of nitrogens with one attached hydrogen (secondary N) is 1. The first-order valence-electron chi connectivity index (χ1n) is 9.04. The molecule has 0 spiro atoms. The highest BCUT2D eigenvalue weighted by molar-refractivity contribution is 7.99. The Balaban J connectivity index is 1.89. The lowest BCUT2D eigenvalue weighted by molar-refractivity contribution is -0.119. The van der Waals surface area contributed by atoms with Crippen LogP contribution in [0.5, 0.6) is 5.75 Å². The number of thioether (sulfide) groups is 1. The van der Waals surface area contributed by atoms with Crippen LogP contribution in [0.3, 0.4) is 0 Å². The molecule has 0 radical (unpaired) electrons. The van der Waals surface area contributed by atoms with Gasteiger partial charge < -0.3 is 10.1 Å². The molecule has 1 atom stereocenters. The number of benzene rings is 2. The number of hydrogen-bond donors (Lipinski definition) is 1. The second-order valence-electron chi connectivity index (χ2n) is 7.00. The van der Waals surface area contributed by atoms with Gasteiger partial charge in [0.2, 0.25) is 5.91 Å². The van der Waals surface area contributed by atoms with Gasteiger partial charge in [0, 0.05) is 5.75 Å². The van der Waals surface area contributed by atoms with Crippen LogP contribution in [-0.4, -0.2) is 18.8 Å². The van der Waals surface area contributed by atoms with Gasteiger partial charge in [-0.15, -0.1) is 11.8 Å². The molecule has 0 saturated heterocycles. The summed E-state index contributed by atoms with van der Waals surface area (Å²) in [5, 5.41) is 3.20. The summed E-state index contributed by atoms with van der Waals surface area (Å²) in [5.74, 6) is 2.74. The fourth-order valence-corrected chi connectivity index (χ4v) is 3.57. The molecule has 0 unspecified atom stereocenters. The Morgan fingerprint density at radius 2 is 1.73 bits per heavy atom. The van der Waals surface area contributed by atoms with E-state index in [1.165, 1.54) is 11.1 Å². The molecule has 140 valence electrons. The van der Waals surface area contributed by atoms with Crippen molar-refractivity contribution in [1.29, 1.82) is 0 Å². The summed E-state index contributed by atoms with van der Waals surface area (Å²) in [5.41, 5.74) is 3.63. The van der Waals surface area contributed by atoms with Crippen molar-refractivity contribution in [3.63, 3.8) is 0 Å². The number of amides is 1. The molecule has 2 aromatic rings. The van der Waals surface area contributed by atoms with Crippen LogP contribution >= 0.6 is 11.8 Å². The van der Waals surface area contributed by atoms with Gasteiger partial charge in [0.15, 0.2) is 0 Å². The van der Waals surface area contributed by atoms with Crippen LogP contribution in [0.25, 0.3) is 0 Å². The molecule has 4 heteroatoms. The molecule has 1 amide bonds. The standard InChI is InChI=1S/C22H29NO2S/c1-16(2)13-21(19-9-11-20(25-4)12-10-19)23-22(24)15-26-14-18-7-5-17(3)6-8-18/h5-12,16,21H,13-15H2,1-4H3,(H,23,24)/t21-/m1/s1. The summed E-state index contributed by atoms with van der Waals surface area (Å²) < 4.78 is 5.22. The molecular formula is C22H29NO2S. The van der Waals surface area contributed by atoms with Crippen molar-refractivity contribution in [3.05, 3.63) is 65.2 Å². The Morgan fingerprint density at radius 1 is 1.08 bits per heavy atom. The summed E-state index contributed by atoms with van der Waals surface area (Å²) in [6.07, 6.45) is 0.917. The van der Waals surface area contributed by atoms with E-state index in [9.17, 15) is 4.79 Å². The van der Waals surface area contributed by atoms with Crippen molar-refractivity contribution in [1.82, 2.24) is 5.32 Å². The van der Waals surface area contributed by atoms with E-state index in [-0.39, 0.29) is 11.9 Å². The van der Waals surface area contributed by atoms with Gasteiger partial charge in [-0.1, -0.05) is 55.8 Å². The number of carbonyl (C=O) groups excluding carboxylic acids is 1. The third-order valence-corrected chi connectivity index (χ3v) is 5.19. The molecule has 0 fully saturated rings. The number of aryl methyl sites for hydroxylation is 1. The highest BCUT2D eigenvalue weighted by Crippen LogP contribution is 2.24. The van der Waals surface area contributed by atoms with Crippen molar-refractivity contribution in [2.24, 2.45) is 5.92 Å². The molecule has 3 nitrogen and oxygen atoms in total. The topological polar surface area (TPSA) is 38.3 Å². The Morgan fingerprint density at radius 3 is 2.31 bits per heavy atom. The van der Waals surface area contributed by atoms with E-state index in [0.717, 1.165) is 23.5 Å². The second-order valence-corrected chi connectivity index (χ2v) is 7.99. The molecule has 2 rings (SSSR count). The van der Waals surface area contributed by atoms with Crippen LogP contribution < -0.4 is 10.1 Å². The summed E-state index contributed by atoms with van der Waals surface area (Å²) >= 11 is 1.65. The van der Waals surface area contributed by atoms with E-state index in [4.69, 9.17) is 4.74 Å². The zero-order chi connectivity index (χ0) is 18.9. The van der Waals surface area contributed by atoms with Gasteiger partial charge in [0.05, 0.1) is 18.9 Å². The first-order valence-corrected chi connectivity index (χ1v) is 10.2. The SMILES string of the molecule is COc1ccc([C@@H](CC(C)C)NC(=O)CSCc2ccc(C)cc2)cc1. The van der Waals surface area contributed by atoms with Crippen LogP contribution in [-0.2, 0) is 10.5 Å². The summed E-state index contributed by atoms with van der Waals surface area (Å²) in [4.78, 5) is 12.4. The van der Waals surface area contributed by atoms with Gasteiger partial charge in [-0.3, -0.25) is 4.79 Å². The summed E-state index contributed by atoms with van der Waals surface area (Å²) in [6, 6.07) is 16.5. The Bertz CT molecular complexity index is 680. The average molecular weight is 372 g/mol. The summed E-state index contributed by atoms with van der Waals surface area (Å²) in [7, 11) is 1.66. The molecule has 0 aliphatic carbocycles. The van der Waals surface area contributed by atoms with E-state index in [1.807, 2.05) is 24.3 Å². The molecule has 0 aliphatic rings. The molecule has 0 heterocycles. The fraction of sp³-hybridized carbons (Fsp3) is 0.409. The van der Waals surface area contributed by atoms with Gasteiger partial charge in [0.25, 0.3) is 0 Å². The lowest BCUT2D eigenvalue weighted by atomic mass is 9.97. The average Bonchev–Trinajstić information content (AvgIpc) is 2.62. The predicted octanol–water partition coefficient (Wildman–Crippen LogP) is 5.14. The van der Waals surface area contributed by atoms with Crippen molar-refractivity contribution >= 4 is 17.7 Å². The monoisotopic (exact) mass is 371 g/mol. The number of rotatable bonds is 9. The van der Waals surface area contributed by atoms with Crippen molar-refractivity contribution in [2.45, 2.75) is 39.0 Å². The maximum Gasteiger partial charge on any atom is 0.230 e. The van der Waals surface area contributed by atoms with Crippen molar-refractivity contribution < 1.29 is 9.53 Å². The van der Waals surface area contributed by atoms with Gasteiger partial charge in [0.1, 0.15) is 5.75 Å². The maximum absolute atomic E-state index is 12.4. The highest BCUT2D eigenvalue weighted by atomic mass is 32.2. The third kappa shape index (κ3) is 6.75. The molecule has 1 N–H and O–H groups in total. The van der Waals surface area contributed by atoms with Gasteiger partial charge >= 0.3 is 0 Å². The Hall–Kier alpha value is -1.94. The molecule has 0 bridgehead atoms. The zero-order valence-corrected chi connectivity index (χ0v) is 16.9. The van der Waals surface area contributed by atoms with E-state index in [0.29, 0.717) is 11.7 Å². The number of methoxy groups -OCH3 is 1. The van der Waals surface area contributed by atoms with E-state index in [2.05, 4.69) is 50.4 Å². The quantitative estimate of drug-likeness (QED) is 0.663. The van der Waals surface area contributed by atoms with E-state index in [1.54, 1.807) is 18.9 Å². The van der Waals surface area contributed by atoms with Crippen molar-refractivity contribution in [3.8, 4) is 5.75 Å². The van der Waals surface area contributed by atoms with Crippen LogP contribution in [0, 0.1) is 12.8 Å². The van der Waals surface area contributed by atoms with Crippen LogP contribution in [0.15, 0.2) is 48.5 Å². The molecule has 2 aromatic carbocycles. The minimum absolute atomic E-state index is 0.0355. The van der Waals surface area contributed by atoms with E-state index >= 15 is 0 Å². The molecule has 0 aromatic heterocycles. The van der Waals surface area contributed by atoms with Gasteiger partial charge in [-0.2, -0.15) is 0 Å². The maximum atomic E-state index is 12.4. The minimum Gasteiger partial charge on any atom is -0.497 e. The van der Waals surface area contributed by atoms with Crippen LogP contribution in [0.2, 0.25) is 0 Å². The largest absolute Gasteiger partial charge is 0.497 e. The number of hydrogen-bond acceptors (Lipinski definition) is 3. The minimum atomic E-state index is 0.0355. The second kappa shape index (κ2) is 10.3. The number of ether oxygens (including phenoxy) is 1. The fourth-order valence-electron chi connectivity index (χ4n) is 2.77. The van der Waals surface area contributed by atoms with Gasteiger partial charge in [-0.05, 0) is 42.5 Å². The third-order valence-electron chi connectivity index (χ3n) is 4.18. The van der Waals surface area contributed by atoms with Crippen molar-refractivity contribution in [2.75, 3.05) is 12.9 Å². The summed E-state index contributed by atoms with van der Waals surface area (Å²) in [6.45, 7) is 6.43. The Labute approximate surface area is 161 Å². The van der Waals surface area contributed by atoms with Gasteiger partial charge in [-0.25, -0.2) is 0 Å². The van der Waals surface area contributed by atoms with Crippen LogP contribution in [0.4, 0.5) is 0 Å². The smallest absolute Gasteiger partial charge is 0.230 e. The zero-order valence-electron chi connectivity index (χ0n) is 16.1. The molecule has 0 aliphatic heterocycles. The number of carbonyl (C=O) groups is 1. The first-order chi connectivity index (χ1) is 12.5. The van der Waals surface area contributed by atoms with E-state index < -0.39 is 0 Å². The molecule has 26 heavy (non-hydrogen) atoms.